The van der Waals surface area contributed by atoms with E-state index in [1.165, 1.54) is 0 Å². The molecule has 0 radical (unpaired) electrons. The smallest absolute Gasteiger partial charge is 0.459 e. The molecule has 30 heavy (non-hydrogen) atoms. The third-order valence-corrected chi connectivity index (χ3v) is 6.41. The van der Waals surface area contributed by atoms with E-state index in [9.17, 15) is 9.59 Å². The van der Waals surface area contributed by atoms with E-state index in [1.807, 2.05) is 48.5 Å². The fourth-order valence-electron chi connectivity index (χ4n) is 2.39. The molecule has 6 nitrogen and oxygen atoms in total. The zero-order valence-electron chi connectivity index (χ0n) is 21.6. The highest BCUT2D eigenvalue weighted by molar-refractivity contribution is 5.75. The highest BCUT2D eigenvalue weighted by atomic mass is 16.7. The number of hydrogen-bond donors (Lipinski definition) is 0. The lowest BCUT2D eigenvalue weighted by molar-refractivity contribution is -0.173. The number of carbonyl (C=O) groups is 2. The van der Waals surface area contributed by atoms with Gasteiger partial charge in [-0.15, -0.1) is 0 Å². The highest BCUT2D eigenvalue weighted by Crippen LogP contribution is 2.41. The Morgan fingerprint density at radius 1 is 0.733 bits per heavy atom. The Balaban J connectivity index is 4.89. The lowest BCUT2D eigenvalue weighted by atomic mass is 9.68. The van der Waals surface area contributed by atoms with E-state index in [0.717, 1.165) is 0 Å². The van der Waals surface area contributed by atoms with E-state index in [0.29, 0.717) is 6.61 Å². The molecule has 0 fully saturated rings. The molecule has 0 amide bonds. The van der Waals surface area contributed by atoms with Crippen molar-refractivity contribution < 1.29 is 28.5 Å². The van der Waals surface area contributed by atoms with Crippen LogP contribution < -0.4 is 0 Å². The van der Waals surface area contributed by atoms with E-state index >= 15 is 0 Å². The first-order valence-corrected chi connectivity index (χ1v) is 10.9. The van der Waals surface area contributed by atoms with Crippen molar-refractivity contribution in [3.8, 4) is 0 Å². The first-order valence-electron chi connectivity index (χ1n) is 10.9. The Morgan fingerprint density at radius 2 is 1.23 bits per heavy atom. The van der Waals surface area contributed by atoms with Crippen molar-refractivity contribution in [1.82, 2.24) is 0 Å². The van der Waals surface area contributed by atoms with Gasteiger partial charge in [-0.25, -0.2) is 4.79 Å². The van der Waals surface area contributed by atoms with Crippen molar-refractivity contribution in [3.63, 3.8) is 0 Å². The average molecular weight is 431 g/mol. The summed E-state index contributed by atoms with van der Waals surface area (Å²) in [5, 5.41) is 0. The van der Waals surface area contributed by atoms with Gasteiger partial charge in [0, 0.05) is 11.3 Å². The second kappa shape index (κ2) is 10.3. The van der Waals surface area contributed by atoms with Gasteiger partial charge in [-0.1, -0.05) is 27.7 Å². The van der Waals surface area contributed by atoms with Crippen molar-refractivity contribution in [1.29, 1.82) is 0 Å². The largest absolute Gasteiger partial charge is 0.508 e. The van der Waals surface area contributed by atoms with Crippen molar-refractivity contribution in [2.24, 2.45) is 22.7 Å². The summed E-state index contributed by atoms with van der Waals surface area (Å²) in [6, 6.07) is 0. The molecule has 0 saturated heterocycles. The standard InChI is InChI=1S/C24H46O6/c1-16(2)27-14-17(3)22(8,9)24(12,13)30-20(26)28-15-18(4)23(10,11)29-19(25)21(5,6)7/h16-18H,14-15H2,1-13H3. The molecule has 0 N–H and O–H groups in total. The predicted octanol–water partition coefficient (Wildman–Crippen LogP) is 6.01. The SMILES string of the molecule is CC(C)OCC(C)C(C)(C)C(C)(C)OC(=O)OCC(C)C(C)(C)OC(=O)C(C)(C)C. The van der Waals surface area contributed by atoms with E-state index in [4.69, 9.17) is 18.9 Å². The van der Waals surface area contributed by atoms with Crippen LogP contribution in [0.5, 0.6) is 0 Å². The van der Waals surface area contributed by atoms with Crippen LogP contribution in [0.25, 0.3) is 0 Å². The zero-order valence-corrected chi connectivity index (χ0v) is 21.6. The highest BCUT2D eigenvalue weighted by Gasteiger charge is 2.45. The molecule has 0 heterocycles. The number of ether oxygens (including phenoxy) is 4. The van der Waals surface area contributed by atoms with Gasteiger partial charge in [-0.05, 0) is 68.2 Å². The van der Waals surface area contributed by atoms with Crippen molar-refractivity contribution in [2.45, 2.75) is 107 Å². The van der Waals surface area contributed by atoms with Crippen molar-refractivity contribution in [3.05, 3.63) is 0 Å². The maximum Gasteiger partial charge on any atom is 0.508 e. The second-order valence-corrected chi connectivity index (χ2v) is 11.3. The Bertz CT molecular complexity index is 569. The molecule has 6 heteroatoms. The number of esters is 1. The Labute approximate surface area is 184 Å². The summed E-state index contributed by atoms with van der Waals surface area (Å²) in [7, 11) is 0. The van der Waals surface area contributed by atoms with E-state index in [2.05, 4.69) is 20.8 Å². The quantitative estimate of drug-likeness (QED) is 0.395. The van der Waals surface area contributed by atoms with Crippen LogP contribution in [-0.2, 0) is 23.7 Å². The van der Waals surface area contributed by atoms with Crippen molar-refractivity contribution >= 4 is 12.1 Å². The van der Waals surface area contributed by atoms with Crippen LogP contribution in [0.2, 0.25) is 0 Å². The number of hydrogen-bond acceptors (Lipinski definition) is 6. The first kappa shape index (κ1) is 28.7. The second-order valence-electron chi connectivity index (χ2n) is 11.3. The van der Waals surface area contributed by atoms with Gasteiger partial charge in [0.15, 0.2) is 0 Å². The van der Waals surface area contributed by atoms with Crippen LogP contribution in [0.4, 0.5) is 4.79 Å². The zero-order chi connectivity index (χ0) is 24.1. The normalized spacial score (nSPS) is 15.5. The predicted molar refractivity (Wildman–Crippen MR) is 119 cm³/mol. The minimum atomic E-state index is -0.776. The molecule has 0 bridgehead atoms. The lowest BCUT2D eigenvalue weighted by Crippen LogP contribution is -2.48. The lowest BCUT2D eigenvalue weighted by Gasteiger charge is -2.44. The monoisotopic (exact) mass is 430 g/mol. The fourth-order valence-corrected chi connectivity index (χ4v) is 2.39. The summed E-state index contributed by atoms with van der Waals surface area (Å²) in [5.74, 6) is -0.328. The van der Waals surface area contributed by atoms with E-state index in [-0.39, 0.29) is 35.9 Å². The van der Waals surface area contributed by atoms with Gasteiger partial charge in [0.2, 0.25) is 0 Å². The van der Waals surface area contributed by atoms with Crippen LogP contribution in [0, 0.1) is 22.7 Å². The third-order valence-electron chi connectivity index (χ3n) is 6.41. The van der Waals surface area contributed by atoms with Gasteiger partial charge < -0.3 is 18.9 Å². The molecule has 0 aliphatic rings. The van der Waals surface area contributed by atoms with Gasteiger partial charge in [0.05, 0.1) is 18.1 Å². The van der Waals surface area contributed by atoms with Crippen LogP contribution in [-0.4, -0.2) is 42.6 Å². The van der Waals surface area contributed by atoms with Gasteiger partial charge in [0.1, 0.15) is 17.8 Å². The summed E-state index contributed by atoms with van der Waals surface area (Å²) in [6.07, 6.45) is -0.579. The molecule has 178 valence electrons. The molecule has 0 saturated carbocycles. The molecular weight excluding hydrogens is 384 g/mol. The Hall–Kier alpha value is -1.30. The molecule has 0 aromatic carbocycles. The topological polar surface area (TPSA) is 71.1 Å². The van der Waals surface area contributed by atoms with E-state index < -0.39 is 22.8 Å². The van der Waals surface area contributed by atoms with Gasteiger partial charge in [0.25, 0.3) is 0 Å². The fraction of sp³-hybridized carbons (Fsp3) is 0.917. The molecule has 0 rings (SSSR count). The van der Waals surface area contributed by atoms with Gasteiger partial charge in [-0.3, -0.25) is 4.79 Å². The molecule has 0 aromatic rings. The van der Waals surface area contributed by atoms with E-state index in [1.54, 1.807) is 20.8 Å². The summed E-state index contributed by atoms with van der Waals surface area (Å²) < 4.78 is 22.5. The summed E-state index contributed by atoms with van der Waals surface area (Å²) >= 11 is 0. The third kappa shape index (κ3) is 8.44. The molecule has 0 aliphatic heterocycles. The minimum Gasteiger partial charge on any atom is -0.459 e. The molecule has 0 aliphatic carbocycles. The number of carbonyl (C=O) groups excluding carboxylic acids is 2. The summed E-state index contributed by atoms with van der Waals surface area (Å²) in [5.41, 5.74) is -2.47. The summed E-state index contributed by atoms with van der Waals surface area (Å²) in [4.78, 5) is 24.6. The van der Waals surface area contributed by atoms with Crippen molar-refractivity contribution in [2.75, 3.05) is 13.2 Å². The molecule has 0 spiro atoms. The van der Waals surface area contributed by atoms with Gasteiger partial charge in [-0.2, -0.15) is 0 Å². The maximum absolute atomic E-state index is 12.4. The molecule has 2 atom stereocenters. The minimum absolute atomic E-state index is 0.0891. The molecular formula is C24H46O6. The molecule has 0 aromatic heterocycles. The Morgan fingerprint density at radius 3 is 1.67 bits per heavy atom. The summed E-state index contributed by atoms with van der Waals surface area (Å²) in [6.45, 7) is 25.6. The average Bonchev–Trinajstić information content (AvgIpc) is 2.55. The Kier molecular flexibility index (Phi) is 9.89. The van der Waals surface area contributed by atoms with Crippen LogP contribution >= 0.6 is 0 Å². The van der Waals surface area contributed by atoms with Crippen LogP contribution in [0.3, 0.4) is 0 Å². The van der Waals surface area contributed by atoms with Crippen LogP contribution in [0.15, 0.2) is 0 Å². The molecule has 2 unspecified atom stereocenters. The number of rotatable bonds is 10. The van der Waals surface area contributed by atoms with Crippen LogP contribution in [0.1, 0.15) is 90.0 Å². The maximum atomic E-state index is 12.4. The van der Waals surface area contributed by atoms with Gasteiger partial charge >= 0.3 is 12.1 Å². The first-order chi connectivity index (χ1) is 13.2.